The van der Waals surface area contributed by atoms with Crippen molar-refractivity contribution in [3.8, 4) is 0 Å². The summed E-state index contributed by atoms with van der Waals surface area (Å²) >= 11 is 0. The van der Waals surface area contributed by atoms with Crippen LogP contribution in [0, 0.1) is 0 Å². The molecule has 1 N–H and O–H groups in total. The number of aromatic nitrogens is 3. The smallest absolute Gasteiger partial charge is 0.238 e. The normalized spacial score (nSPS) is 20.5. The van der Waals surface area contributed by atoms with Crippen LogP contribution in [0.1, 0.15) is 39.5 Å². The molecule has 1 fully saturated rings. The van der Waals surface area contributed by atoms with E-state index in [4.69, 9.17) is 0 Å². The van der Waals surface area contributed by atoms with E-state index in [0.29, 0.717) is 25.9 Å². The van der Waals surface area contributed by atoms with Gasteiger partial charge in [0.2, 0.25) is 15.9 Å². The largest absolute Gasteiger partial charge is 0.350 e. The monoisotopic (exact) mass is 343 g/mol. The maximum atomic E-state index is 12.5. The SMILES string of the molecule is CCCCS(=O)(=O)N1CCCC1C(=O)NC(C)Cn1cncn1. The number of carbonyl (C=O) groups excluding carboxylic acids is 1. The molecule has 2 heterocycles. The molecule has 1 aliphatic heterocycles. The summed E-state index contributed by atoms with van der Waals surface area (Å²) in [4.78, 5) is 16.3. The van der Waals surface area contributed by atoms with Gasteiger partial charge in [0, 0.05) is 12.6 Å². The number of sulfonamides is 1. The van der Waals surface area contributed by atoms with Gasteiger partial charge in [0.15, 0.2) is 0 Å². The molecule has 1 aromatic heterocycles. The Morgan fingerprint density at radius 2 is 2.26 bits per heavy atom. The van der Waals surface area contributed by atoms with Gasteiger partial charge in [-0.25, -0.2) is 13.4 Å². The van der Waals surface area contributed by atoms with Crippen LogP contribution in [-0.2, 0) is 21.4 Å². The zero-order valence-electron chi connectivity index (χ0n) is 13.7. The highest BCUT2D eigenvalue weighted by Crippen LogP contribution is 2.22. The lowest BCUT2D eigenvalue weighted by Gasteiger charge is -2.25. The second-order valence-electron chi connectivity index (χ2n) is 5.97. The minimum absolute atomic E-state index is 0.113. The molecule has 2 atom stereocenters. The third kappa shape index (κ3) is 4.74. The molecule has 1 amide bonds. The lowest BCUT2D eigenvalue weighted by atomic mass is 10.2. The van der Waals surface area contributed by atoms with Crippen molar-refractivity contribution in [2.75, 3.05) is 12.3 Å². The van der Waals surface area contributed by atoms with Crippen LogP contribution >= 0.6 is 0 Å². The van der Waals surface area contributed by atoms with E-state index in [0.717, 1.165) is 12.8 Å². The topological polar surface area (TPSA) is 97.2 Å². The zero-order chi connectivity index (χ0) is 16.9. The van der Waals surface area contributed by atoms with Crippen molar-refractivity contribution in [3.63, 3.8) is 0 Å². The molecule has 0 bridgehead atoms. The Hall–Kier alpha value is -1.48. The third-order valence-electron chi connectivity index (χ3n) is 3.94. The molecule has 2 rings (SSSR count). The molecule has 1 aromatic rings. The molecule has 1 aliphatic rings. The lowest BCUT2D eigenvalue weighted by Crippen LogP contribution is -2.49. The Bertz CT molecular complexity index is 602. The lowest BCUT2D eigenvalue weighted by molar-refractivity contribution is -0.124. The van der Waals surface area contributed by atoms with E-state index in [1.807, 2.05) is 13.8 Å². The molecule has 0 spiro atoms. The van der Waals surface area contributed by atoms with Gasteiger partial charge in [-0.3, -0.25) is 9.48 Å². The second kappa shape index (κ2) is 7.87. The van der Waals surface area contributed by atoms with E-state index in [1.165, 1.54) is 10.6 Å². The molecule has 0 aliphatic carbocycles. The number of amides is 1. The van der Waals surface area contributed by atoms with Crippen LogP contribution in [0.15, 0.2) is 12.7 Å². The van der Waals surface area contributed by atoms with Crippen LogP contribution in [-0.4, -0.2) is 57.8 Å². The Labute approximate surface area is 137 Å². The van der Waals surface area contributed by atoms with Crippen molar-refractivity contribution in [1.82, 2.24) is 24.4 Å². The first-order valence-corrected chi connectivity index (χ1v) is 9.67. The van der Waals surface area contributed by atoms with Gasteiger partial charge in [-0.15, -0.1) is 0 Å². The number of hydrogen-bond donors (Lipinski definition) is 1. The molecule has 0 saturated carbocycles. The van der Waals surface area contributed by atoms with E-state index >= 15 is 0 Å². The van der Waals surface area contributed by atoms with Crippen molar-refractivity contribution in [2.24, 2.45) is 0 Å². The standard InChI is InChI=1S/C14H25N5O3S/c1-3-4-8-23(21,22)19-7-5-6-13(19)14(20)17-12(2)9-18-11-15-10-16-18/h10-13H,3-9H2,1-2H3,(H,17,20). The average Bonchev–Trinajstić information content (AvgIpc) is 3.15. The summed E-state index contributed by atoms with van der Waals surface area (Å²) in [5, 5.41) is 6.88. The highest BCUT2D eigenvalue weighted by Gasteiger charge is 2.38. The molecule has 2 unspecified atom stereocenters. The van der Waals surface area contributed by atoms with Gasteiger partial charge in [-0.1, -0.05) is 13.3 Å². The van der Waals surface area contributed by atoms with Gasteiger partial charge in [-0.2, -0.15) is 9.40 Å². The van der Waals surface area contributed by atoms with Crippen molar-refractivity contribution < 1.29 is 13.2 Å². The van der Waals surface area contributed by atoms with E-state index in [9.17, 15) is 13.2 Å². The predicted molar refractivity (Wildman–Crippen MR) is 86.0 cm³/mol. The summed E-state index contributed by atoms with van der Waals surface area (Å²) in [6.07, 6.45) is 5.76. The fourth-order valence-electron chi connectivity index (χ4n) is 2.77. The van der Waals surface area contributed by atoms with Crippen LogP contribution in [0.3, 0.4) is 0 Å². The predicted octanol–water partition coefficient (Wildman–Crippen LogP) is 0.377. The fourth-order valence-corrected chi connectivity index (χ4v) is 4.66. The first-order chi connectivity index (χ1) is 10.9. The van der Waals surface area contributed by atoms with Gasteiger partial charge in [-0.05, 0) is 26.2 Å². The quantitative estimate of drug-likeness (QED) is 0.736. The number of carbonyl (C=O) groups is 1. The van der Waals surface area contributed by atoms with Crippen LogP contribution in [0.5, 0.6) is 0 Å². The zero-order valence-corrected chi connectivity index (χ0v) is 14.5. The molecule has 0 radical (unpaired) electrons. The van der Waals surface area contributed by atoms with E-state index in [-0.39, 0.29) is 17.7 Å². The first-order valence-electron chi connectivity index (χ1n) is 8.06. The van der Waals surface area contributed by atoms with Crippen LogP contribution in [0.4, 0.5) is 0 Å². The number of nitrogens with zero attached hydrogens (tertiary/aromatic N) is 4. The maximum Gasteiger partial charge on any atom is 0.238 e. The van der Waals surface area contributed by atoms with Gasteiger partial charge in [0.05, 0.1) is 12.3 Å². The van der Waals surface area contributed by atoms with Gasteiger partial charge < -0.3 is 5.32 Å². The number of nitrogens with one attached hydrogen (secondary N) is 1. The van der Waals surface area contributed by atoms with Crippen LogP contribution in [0.25, 0.3) is 0 Å². The molecular weight excluding hydrogens is 318 g/mol. The number of unbranched alkanes of at least 4 members (excludes halogenated alkanes) is 1. The molecule has 23 heavy (non-hydrogen) atoms. The third-order valence-corrected chi connectivity index (χ3v) is 5.89. The summed E-state index contributed by atoms with van der Waals surface area (Å²) in [6.45, 7) is 4.75. The summed E-state index contributed by atoms with van der Waals surface area (Å²) in [7, 11) is -3.36. The Kier molecular flexibility index (Phi) is 6.11. The maximum absolute atomic E-state index is 12.5. The molecule has 130 valence electrons. The second-order valence-corrected chi connectivity index (χ2v) is 8.01. The molecular formula is C14H25N5O3S. The van der Waals surface area contributed by atoms with Gasteiger partial charge >= 0.3 is 0 Å². The summed E-state index contributed by atoms with van der Waals surface area (Å²) in [5.74, 6) is -0.114. The van der Waals surface area contributed by atoms with Crippen molar-refractivity contribution >= 4 is 15.9 Å². The van der Waals surface area contributed by atoms with Crippen molar-refractivity contribution in [3.05, 3.63) is 12.7 Å². The number of hydrogen-bond acceptors (Lipinski definition) is 5. The van der Waals surface area contributed by atoms with Crippen molar-refractivity contribution in [2.45, 2.75) is 58.2 Å². The van der Waals surface area contributed by atoms with Crippen LogP contribution < -0.4 is 5.32 Å². The average molecular weight is 343 g/mol. The van der Waals surface area contributed by atoms with Gasteiger partial charge in [0.1, 0.15) is 18.7 Å². The molecule has 8 nitrogen and oxygen atoms in total. The van der Waals surface area contributed by atoms with Crippen LogP contribution in [0.2, 0.25) is 0 Å². The van der Waals surface area contributed by atoms with E-state index < -0.39 is 16.1 Å². The van der Waals surface area contributed by atoms with Crippen molar-refractivity contribution in [1.29, 1.82) is 0 Å². The summed E-state index contributed by atoms with van der Waals surface area (Å²) in [5.41, 5.74) is 0. The minimum Gasteiger partial charge on any atom is -0.350 e. The molecule has 1 saturated heterocycles. The highest BCUT2D eigenvalue weighted by atomic mass is 32.2. The molecule has 0 aromatic carbocycles. The van der Waals surface area contributed by atoms with E-state index in [2.05, 4.69) is 15.4 Å². The van der Waals surface area contributed by atoms with Gasteiger partial charge in [0.25, 0.3) is 0 Å². The Morgan fingerprint density at radius 1 is 1.48 bits per heavy atom. The highest BCUT2D eigenvalue weighted by molar-refractivity contribution is 7.89. The summed E-state index contributed by atoms with van der Waals surface area (Å²) in [6, 6.07) is -0.736. The fraction of sp³-hybridized carbons (Fsp3) is 0.786. The summed E-state index contributed by atoms with van der Waals surface area (Å²) < 4.78 is 27.8. The minimum atomic E-state index is -3.36. The number of rotatable bonds is 8. The van der Waals surface area contributed by atoms with E-state index in [1.54, 1.807) is 11.0 Å². The Morgan fingerprint density at radius 3 is 2.91 bits per heavy atom. The molecule has 9 heteroatoms. The first kappa shape index (κ1) is 17.9. The Balaban J connectivity index is 1.94.